The van der Waals surface area contributed by atoms with Crippen LogP contribution in [0.5, 0.6) is 0 Å². The van der Waals surface area contributed by atoms with Crippen LogP contribution in [0, 0.1) is 0 Å². The van der Waals surface area contributed by atoms with Crippen LogP contribution in [0.15, 0.2) is 6.33 Å². The Bertz CT molecular complexity index is 303. The van der Waals surface area contributed by atoms with E-state index in [9.17, 15) is 0 Å². The van der Waals surface area contributed by atoms with Gasteiger partial charge in [0, 0.05) is 20.3 Å². The van der Waals surface area contributed by atoms with Crippen LogP contribution in [0.2, 0.25) is 0 Å². The largest absolute Gasteiger partial charge is 0.385 e. The Morgan fingerprint density at radius 1 is 1.69 bits per heavy atom. The zero-order valence-electron chi connectivity index (χ0n) is 9.49. The summed E-state index contributed by atoms with van der Waals surface area (Å²) in [4.78, 5) is 4.04. The summed E-state index contributed by atoms with van der Waals surface area (Å²) in [5.74, 6) is 0.765. The first kappa shape index (κ1) is 12.9. The van der Waals surface area contributed by atoms with E-state index in [1.165, 1.54) is 6.33 Å². The Hall–Kier alpha value is -1.21. The van der Waals surface area contributed by atoms with Crippen LogP contribution in [-0.4, -0.2) is 40.6 Å². The van der Waals surface area contributed by atoms with Crippen molar-refractivity contribution in [2.24, 2.45) is 0 Å². The molecule has 0 aliphatic rings. The molecule has 0 aliphatic heterocycles. The molecule has 0 saturated heterocycles. The van der Waals surface area contributed by atoms with Gasteiger partial charge in [0.1, 0.15) is 12.2 Å². The summed E-state index contributed by atoms with van der Waals surface area (Å²) in [6.07, 6.45) is 2.40. The number of hydrogen-bond donors (Lipinski definition) is 3. The molecule has 0 fully saturated rings. The van der Waals surface area contributed by atoms with Crippen molar-refractivity contribution in [1.29, 1.82) is 0 Å². The first-order valence-electron chi connectivity index (χ1n) is 5.12. The first-order valence-corrected chi connectivity index (χ1v) is 5.53. The van der Waals surface area contributed by atoms with Gasteiger partial charge in [-0.15, -0.1) is 0 Å². The Morgan fingerprint density at radius 3 is 3.12 bits per heavy atom. The SMILES string of the molecule is COCCCNC(=S)NC(C)c1ncn[nH]1. The first-order chi connectivity index (χ1) is 7.74. The molecule has 0 aromatic carbocycles. The van der Waals surface area contributed by atoms with Gasteiger partial charge in [-0.25, -0.2) is 4.98 Å². The number of hydrogen-bond acceptors (Lipinski definition) is 4. The van der Waals surface area contributed by atoms with Crippen molar-refractivity contribution in [2.45, 2.75) is 19.4 Å². The maximum atomic E-state index is 5.13. The van der Waals surface area contributed by atoms with Gasteiger partial charge >= 0.3 is 0 Å². The number of nitrogens with zero attached hydrogens (tertiary/aromatic N) is 2. The molecular weight excluding hydrogens is 226 g/mol. The number of rotatable bonds is 6. The average molecular weight is 243 g/mol. The van der Waals surface area contributed by atoms with E-state index < -0.39 is 0 Å². The van der Waals surface area contributed by atoms with E-state index >= 15 is 0 Å². The van der Waals surface area contributed by atoms with Gasteiger partial charge in [-0.3, -0.25) is 5.10 Å². The fraction of sp³-hybridized carbons (Fsp3) is 0.667. The van der Waals surface area contributed by atoms with Crippen molar-refractivity contribution < 1.29 is 4.74 Å². The molecule has 7 heteroatoms. The fourth-order valence-electron chi connectivity index (χ4n) is 1.16. The Labute approximate surface area is 100 Å². The number of aromatic nitrogens is 3. The fourth-order valence-corrected chi connectivity index (χ4v) is 1.44. The van der Waals surface area contributed by atoms with Crippen LogP contribution in [-0.2, 0) is 4.74 Å². The zero-order valence-corrected chi connectivity index (χ0v) is 10.3. The maximum absolute atomic E-state index is 5.13. The third kappa shape index (κ3) is 4.54. The van der Waals surface area contributed by atoms with E-state index in [0.29, 0.717) is 5.11 Å². The number of thiocarbonyl (C=S) groups is 1. The molecular formula is C9H17N5OS. The second-order valence-electron chi connectivity index (χ2n) is 3.34. The molecule has 0 radical (unpaired) electrons. The molecule has 3 N–H and O–H groups in total. The summed E-state index contributed by atoms with van der Waals surface area (Å²) >= 11 is 5.13. The molecule has 1 aromatic rings. The molecule has 1 rings (SSSR count). The molecule has 0 aliphatic carbocycles. The Morgan fingerprint density at radius 2 is 2.50 bits per heavy atom. The number of methoxy groups -OCH3 is 1. The van der Waals surface area contributed by atoms with Gasteiger partial charge in [0.05, 0.1) is 6.04 Å². The van der Waals surface area contributed by atoms with Crippen LogP contribution in [0.3, 0.4) is 0 Å². The summed E-state index contributed by atoms with van der Waals surface area (Å²) in [6.45, 7) is 3.49. The summed E-state index contributed by atoms with van der Waals surface area (Å²) in [6, 6.07) is 0.0184. The van der Waals surface area contributed by atoms with Gasteiger partial charge in [0.25, 0.3) is 0 Å². The predicted molar refractivity (Wildman–Crippen MR) is 65.0 cm³/mol. The number of nitrogens with one attached hydrogen (secondary N) is 3. The molecule has 0 bridgehead atoms. The Kier molecular flexibility index (Phi) is 5.73. The van der Waals surface area contributed by atoms with E-state index in [1.807, 2.05) is 6.92 Å². The van der Waals surface area contributed by atoms with Gasteiger partial charge in [-0.05, 0) is 25.6 Å². The van der Waals surface area contributed by atoms with Crippen molar-refractivity contribution in [3.8, 4) is 0 Å². The van der Waals surface area contributed by atoms with Crippen molar-refractivity contribution in [3.63, 3.8) is 0 Å². The molecule has 1 unspecified atom stereocenters. The molecule has 0 amide bonds. The third-order valence-electron chi connectivity index (χ3n) is 2.00. The highest BCUT2D eigenvalue weighted by Crippen LogP contribution is 2.02. The van der Waals surface area contributed by atoms with Crippen molar-refractivity contribution >= 4 is 17.3 Å². The van der Waals surface area contributed by atoms with Crippen molar-refractivity contribution in [3.05, 3.63) is 12.2 Å². The highest BCUT2D eigenvalue weighted by molar-refractivity contribution is 7.80. The highest BCUT2D eigenvalue weighted by Gasteiger charge is 2.08. The molecule has 16 heavy (non-hydrogen) atoms. The molecule has 1 aromatic heterocycles. The minimum Gasteiger partial charge on any atom is -0.385 e. The van der Waals surface area contributed by atoms with Crippen LogP contribution >= 0.6 is 12.2 Å². The molecule has 1 atom stereocenters. The smallest absolute Gasteiger partial charge is 0.166 e. The standard InChI is InChI=1S/C9H17N5OS/c1-7(8-11-6-12-14-8)13-9(16)10-4-3-5-15-2/h6-7H,3-5H2,1-2H3,(H2,10,13,16)(H,11,12,14). The molecule has 0 spiro atoms. The monoisotopic (exact) mass is 243 g/mol. The lowest BCUT2D eigenvalue weighted by molar-refractivity contribution is 0.195. The molecule has 6 nitrogen and oxygen atoms in total. The van der Waals surface area contributed by atoms with E-state index in [4.69, 9.17) is 17.0 Å². The van der Waals surface area contributed by atoms with Crippen LogP contribution in [0.1, 0.15) is 25.2 Å². The zero-order chi connectivity index (χ0) is 11.8. The van der Waals surface area contributed by atoms with Gasteiger partial charge in [0.15, 0.2) is 5.11 Å². The highest BCUT2D eigenvalue weighted by atomic mass is 32.1. The predicted octanol–water partition coefficient (Wildman–Crippen LogP) is 0.366. The topological polar surface area (TPSA) is 74.9 Å². The number of aromatic amines is 1. The van der Waals surface area contributed by atoms with Crippen LogP contribution in [0.4, 0.5) is 0 Å². The van der Waals surface area contributed by atoms with Crippen LogP contribution < -0.4 is 10.6 Å². The minimum absolute atomic E-state index is 0.0184. The summed E-state index contributed by atoms with van der Waals surface area (Å²) in [5.41, 5.74) is 0. The molecule has 1 heterocycles. The second kappa shape index (κ2) is 7.13. The van der Waals surface area contributed by atoms with Crippen molar-refractivity contribution in [2.75, 3.05) is 20.3 Å². The van der Waals surface area contributed by atoms with E-state index in [0.717, 1.165) is 25.4 Å². The van der Waals surface area contributed by atoms with Crippen molar-refractivity contribution in [1.82, 2.24) is 25.8 Å². The average Bonchev–Trinajstić information content (AvgIpc) is 2.77. The van der Waals surface area contributed by atoms with Crippen LogP contribution in [0.25, 0.3) is 0 Å². The molecule has 90 valence electrons. The normalized spacial score (nSPS) is 12.1. The summed E-state index contributed by atoms with van der Waals surface area (Å²) in [5, 5.41) is 13.4. The number of H-pyrrole nitrogens is 1. The van der Waals surface area contributed by atoms with Gasteiger partial charge in [0.2, 0.25) is 0 Å². The lowest BCUT2D eigenvalue weighted by atomic mass is 10.3. The third-order valence-corrected chi connectivity index (χ3v) is 2.26. The van der Waals surface area contributed by atoms with Gasteiger partial charge < -0.3 is 15.4 Å². The van der Waals surface area contributed by atoms with E-state index in [1.54, 1.807) is 7.11 Å². The quantitative estimate of drug-likeness (QED) is 0.495. The van der Waals surface area contributed by atoms with E-state index in [-0.39, 0.29) is 6.04 Å². The van der Waals surface area contributed by atoms with Gasteiger partial charge in [-0.2, -0.15) is 5.10 Å². The minimum atomic E-state index is 0.0184. The van der Waals surface area contributed by atoms with E-state index in [2.05, 4.69) is 25.8 Å². The number of ether oxygens (including phenoxy) is 1. The Balaban J connectivity index is 2.19. The maximum Gasteiger partial charge on any atom is 0.166 e. The van der Waals surface area contributed by atoms with Gasteiger partial charge in [-0.1, -0.05) is 0 Å². The summed E-state index contributed by atoms with van der Waals surface area (Å²) < 4.78 is 4.94. The lowest BCUT2D eigenvalue weighted by Crippen LogP contribution is -2.37. The molecule has 0 saturated carbocycles. The second-order valence-corrected chi connectivity index (χ2v) is 3.75. The summed E-state index contributed by atoms with van der Waals surface area (Å²) in [7, 11) is 1.68. The lowest BCUT2D eigenvalue weighted by Gasteiger charge is -2.14.